The Morgan fingerprint density at radius 1 is 0.532 bits per heavy atom. The molecular formula is C46H80N12O18S3. The Hall–Kier alpha value is -5.09. The molecule has 12 unspecified atom stereocenters. The zero-order chi connectivity index (χ0) is 60.3. The lowest BCUT2D eigenvalue weighted by Crippen LogP contribution is -2.56. The van der Waals surface area contributed by atoms with E-state index in [-0.39, 0.29) is 31.3 Å². The summed E-state index contributed by atoms with van der Waals surface area (Å²) in [6.07, 6.45) is 10.7. The Bertz CT molecular complexity index is 2590. The van der Waals surface area contributed by atoms with Gasteiger partial charge in [0, 0.05) is 76.7 Å². The monoisotopic (exact) mass is 1180 g/mol. The Labute approximate surface area is 462 Å². The lowest BCUT2D eigenvalue weighted by Gasteiger charge is -2.34. The van der Waals surface area contributed by atoms with Gasteiger partial charge in [0.1, 0.15) is 0 Å². The van der Waals surface area contributed by atoms with Gasteiger partial charge in [-0.25, -0.2) is 58.6 Å². The standard InChI is InChI=1S/C12H20N4O5S.C12H22N2O5S.C11H18N4O3.C11H20N2O5S/c1-4-5-21-10-7-8(12(17)20-2)6-9(14-16-13)11(10)15-22(3,18)19;1-4-5-19-10-7-8(12(15)18-2)6-9(13)11(10)14-20(3,16)17;1-3-4-18-9-6-7(11(16)17-2)5-8(10(9)12)14-15-13;1-3-4-18-9-6-7(11(14)15)5-8(12)10(9)13-19(2,16)17/h7,9-11,15H,4-6H2,1-3H3;7,9-11,14H,4-6,13H2,1-3H3;6,8-10H,3-5,12H2,1-2H3;6,8-10,13H,3-5,12H2,1-2H3,(H,14,15). The molecule has 0 bridgehead atoms. The van der Waals surface area contributed by atoms with Gasteiger partial charge < -0.3 is 55.5 Å². The molecule has 0 heterocycles. The van der Waals surface area contributed by atoms with Crippen molar-refractivity contribution >= 4 is 53.9 Å². The van der Waals surface area contributed by atoms with E-state index in [0.29, 0.717) is 43.1 Å². The number of azide groups is 2. The van der Waals surface area contributed by atoms with Crippen LogP contribution in [0.25, 0.3) is 20.9 Å². The van der Waals surface area contributed by atoms with Gasteiger partial charge in [0.25, 0.3) is 0 Å². The minimum atomic E-state index is -3.53. The number of carbonyl (C=O) groups excluding carboxylic acids is 3. The van der Waals surface area contributed by atoms with E-state index >= 15 is 0 Å². The summed E-state index contributed by atoms with van der Waals surface area (Å²) in [6, 6.07) is -4.91. The van der Waals surface area contributed by atoms with Gasteiger partial charge in [0.2, 0.25) is 30.1 Å². The molecule has 79 heavy (non-hydrogen) atoms. The SMILES string of the molecule is CCCOC1C=C(C(=O)O)CC(N)C1NS(C)(=O)=O.CCCOC1C=C(C(=O)OC)CC(N)C1NS(C)(=O)=O.CCCOC1C=C(C(=O)OC)CC(N=[N+]=[N-])C1N.CCCOC1C=C(C(=O)OC)CC(N=[N+]=[N-])C1NS(C)(=O)=O. The van der Waals surface area contributed by atoms with Gasteiger partial charge in [-0.2, -0.15) is 0 Å². The van der Waals surface area contributed by atoms with Crippen molar-refractivity contribution < 1.29 is 82.7 Å². The first-order valence-electron chi connectivity index (χ1n) is 25.0. The second-order valence-electron chi connectivity index (χ2n) is 18.4. The fourth-order valence-electron chi connectivity index (χ4n) is 8.08. The summed E-state index contributed by atoms with van der Waals surface area (Å²) in [5, 5.41) is 16.2. The molecule has 0 aliphatic heterocycles. The summed E-state index contributed by atoms with van der Waals surface area (Å²) in [7, 11) is -6.55. The first kappa shape index (κ1) is 71.9. The number of methoxy groups -OCH3 is 3. The summed E-state index contributed by atoms with van der Waals surface area (Å²) in [6.45, 7) is 9.48. The summed E-state index contributed by atoms with van der Waals surface area (Å²) in [5.41, 5.74) is 36.3. The fourth-order valence-corrected chi connectivity index (χ4v) is 10.5. The fraction of sp³-hybridized carbons (Fsp3) is 0.739. The van der Waals surface area contributed by atoms with Gasteiger partial charge in [-0.3, -0.25) is 0 Å². The molecule has 12 atom stereocenters. The van der Waals surface area contributed by atoms with Crippen molar-refractivity contribution in [1.29, 1.82) is 0 Å². The number of nitrogens with one attached hydrogen (secondary N) is 3. The van der Waals surface area contributed by atoms with E-state index < -0.39 is 127 Å². The number of nitrogens with two attached hydrogens (primary N) is 3. The topological polar surface area (TPSA) is 467 Å². The average Bonchev–Trinajstić information content (AvgIpc) is 3.38. The predicted octanol–water partition coefficient (Wildman–Crippen LogP) is 1.14. The molecule has 0 saturated carbocycles. The lowest BCUT2D eigenvalue weighted by molar-refractivity contribution is -0.137. The molecule has 33 heteroatoms. The average molecular weight is 1190 g/mol. The molecule has 0 aromatic carbocycles. The van der Waals surface area contributed by atoms with E-state index in [1.54, 1.807) is 12.2 Å². The normalized spacial score (nSPS) is 26.7. The van der Waals surface area contributed by atoms with Crippen LogP contribution in [-0.2, 0) is 82.4 Å². The first-order valence-corrected chi connectivity index (χ1v) is 30.7. The number of esters is 3. The van der Waals surface area contributed by atoms with Gasteiger partial charge >= 0.3 is 23.9 Å². The third kappa shape index (κ3) is 26.4. The zero-order valence-electron chi connectivity index (χ0n) is 46.3. The summed E-state index contributed by atoms with van der Waals surface area (Å²) < 4.78 is 112. The Morgan fingerprint density at radius 3 is 1.16 bits per heavy atom. The van der Waals surface area contributed by atoms with E-state index in [9.17, 15) is 44.4 Å². The van der Waals surface area contributed by atoms with Crippen molar-refractivity contribution in [3.8, 4) is 0 Å². The highest BCUT2D eigenvalue weighted by molar-refractivity contribution is 7.89. The maximum Gasteiger partial charge on any atom is 0.333 e. The van der Waals surface area contributed by atoms with Crippen LogP contribution in [0.3, 0.4) is 0 Å². The van der Waals surface area contributed by atoms with Crippen LogP contribution in [0.4, 0.5) is 0 Å². The molecule has 450 valence electrons. The van der Waals surface area contributed by atoms with Gasteiger partial charge in [0.05, 0.1) is 94.7 Å². The Morgan fingerprint density at radius 2 is 0.823 bits per heavy atom. The van der Waals surface area contributed by atoms with Crippen LogP contribution in [0.1, 0.15) is 79.1 Å². The number of carbonyl (C=O) groups is 4. The van der Waals surface area contributed by atoms with Crippen LogP contribution in [-0.4, -0.2) is 194 Å². The van der Waals surface area contributed by atoms with Crippen molar-refractivity contribution in [2.24, 2.45) is 27.4 Å². The Kier molecular flexibility index (Phi) is 32.4. The van der Waals surface area contributed by atoms with Gasteiger partial charge in [0.15, 0.2) is 0 Å². The highest BCUT2D eigenvalue weighted by atomic mass is 32.2. The van der Waals surface area contributed by atoms with Crippen LogP contribution in [0.15, 0.2) is 56.8 Å². The molecule has 30 nitrogen and oxygen atoms in total. The number of hydrogen-bond acceptors (Lipinski definition) is 22. The molecular weight excluding hydrogens is 1100 g/mol. The summed E-state index contributed by atoms with van der Waals surface area (Å²) in [4.78, 5) is 51.3. The summed E-state index contributed by atoms with van der Waals surface area (Å²) >= 11 is 0. The van der Waals surface area contributed by atoms with Crippen molar-refractivity contribution in [3.05, 3.63) is 67.5 Å². The van der Waals surface area contributed by atoms with Gasteiger partial charge in [-0.1, -0.05) is 37.9 Å². The molecule has 10 N–H and O–H groups in total. The number of aliphatic carboxylic acids is 1. The highest BCUT2D eigenvalue weighted by Gasteiger charge is 2.39. The van der Waals surface area contributed by atoms with E-state index in [1.165, 1.54) is 33.5 Å². The molecule has 4 aliphatic carbocycles. The molecule has 0 spiro atoms. The zero-order valence-corrected chi connectivity index (χ0v) is 48.7. The molecule has 4 rings (SSSR count). The predicted molar refractivity (Wildman–Crippen MR) is 290 cm³/mol. The van der Waals surface area contributed by atoms with Crippen LogP contribution < -0.4 is 31.4 Å². The smallest absolute Gasteiger partial charge is 0.333 e. The van der Waals surface area contributed by atoms with Crippen molar-refractivity contribution in [2.45, 2.75) is 152 Å². The van der Waals surface area contributed by atoms with E-state index in [1.807, 2.05) is 27.7 Å². The number of carboxylic acids is 1. The van der Waals surface area contributed by atoms with Crippen LogP contribution in [0, 0.1) is 0 Å². The van der Waals surface area contributed by atoms with Crippen LogP contribution >= 0.6 is 0 Å². The van der Waals surface area contributed by atoms with Gasteiger partial charge in [-0.05, 0) is 86.7 Å². The minimum Gasteiger partial charge on any atom is -0.478 e. The number of carboxylic acid groups (broad SMARTS) is 1. The summed E-state index contributed by atoms with van der Waals surface area (Å²) in [5.74, 6) is -2.52. The number of hydrogen-bond donors (Lipinski definition) is 7. The maximum absolute atomic E-state index is 11.7. The highest BCUT2D eigenvalue weighted by Crippen LogP contribution is 2.28. The minimum absolute atomic E-state index is 0.0793. The number of rotatable bonds is 24. The molecule has 0 saturated heterocycles. The van der Waals surface area contributed by atoms with Crippen LogP contribution in [0.2, 0.25) is 0 Å². The van der Waals surface area contributed by atoms with E-state index in [4.69, 9.17) is 52.3 Å². The third-order valence-corrected chi connectivity index (χ3v) is 13.7. The number of nitrogens with zero attached hydrogens (tertiary/aromatic N) is 6. The molecule has 0 amide bonds. The molecule has 0 fully saturated rings. The lowest BCUT2D eigenvalue weighted by atomic mass is 9.89. The Balaban J connectivity index is 0.000000528. The molecule has 0 radical (unpaired) electrons. The largest absolute Gasteiger partial charge is 0.478 e. The number of sulfonamides is 3. The quantitative estimate of drug-likeness (QED) is 0.0234. The third-order valence-electron chi connectivity index (χ3n) is 11.6. The van der Waals surface area contributed by atoms with Crippen molar-refractivity contribution in [1.82, 2.24) is 14.2 Å². The number of ether oxygens (including phenoxy) is 7. The van der Waals surface area contributed by atoms with E-state index in [0.717, 1.165) is 44.5 Å². The van der Waals surface area contributed by atoms with E-state index in [2.05, 4.69) is 48.4 Å². The first-order chi connectivity index (χ1) is 37.0. The second kappa shape index (κ2) is 35.6. The molecule has 4 aliphatic rings. The molecule has 0 aromatic rings. The van der Waals surface area contributed by atoms with Crippen LogP contribution in [0.5, 0.6) is 0 Å². The second-order valence-corrected chi connectivity index (χ2v) is 23.7. The molecule has 0 aromatic heterocycles. The maximum atomic E-state index is 11.7. The van der Waals surface area contributed by atoms with Crippen molar-refractivity contribution in [2.75, 3.05) is 66.5 Å². The van der Waals surface area contributed by atoms with Gasteiger partial charge in [-0.15, -0.1) is 0 Å². The van der Waals surface area contributed by atoms with Crippen molar-refractivity contribution in [3.63, 3.8) is 0 Å².